The molecule has 13 heteroatoms. The number of hydrogen-bond donors (Lipinski definition) is 2. The third-order valence-electron chi connectivity index (χ3n) is 6.35. The topological polar surface area (TPSA) is 133 Å². The van der Waals surface area contributed by atoms with Gasteiger partial charge in [-0.05, 0) is 53.4 Å². The lowest BCUT2D eigenvalue weighted by Crippen LogP contribution is -2.12. The Hall–Kier alpha value is -6.35. The highest BCUT2D eigenvalue weighted by Crippen LogP contribution is 2.31. The number of amides is 2. The highest BCUT2D eigenvalue weighted by atomic mass is 35.5. The lowest BCUT2D eigenvalue weighted by molar-refractivity contribution is 0.101. The number of aromatic nitrogens is 4. The van der Waals surface area contributed by atoms with Crippen LogP contribution in [0.3, 0.4) is 0 Å². The van der Waals surface area contributed by atoms with Crippen molar-refractivity contribution in [2.45, 2.75) is 0 Å². The van der Waals surface area contributed by atoms with Crippen LogP contribution in [0.1, 0.15) is 26.3 Å². The average molecular weight is 676 g/mol. The summed E-state index contributed by atoms with van der Waals surface area (Å²) >= 11 is 12.3. The Balaban J connectivity index is 1.22. The molecular formula is C35H22Cl2N7O4+. The number of ether oxygens (including phenoxy) is 2. The molecule has 234 valence electrons. The van der Waals surface area contributed by atoms with Gasteiger partial charge in [0.2, 0.25) is 0 Å². The first-order valence-corrected chi connectivity index (χ1v) is 14.9. The van der Waals surface area contributed by atoms with Gasteiger partial charge in [-0.15, -0.1) is 0 Å². The molecule has 0 fully saturated rings. The Bertz CT molecular complexity index is 2180. The van der Waals surface area contributed by atoms with Crippen molar-refractivity contribution in [3.63, 3.8) is 0 Å². The normalized spacial score (nSPS) is 10.3. The quantitative estimate of drug-likeness (QED) is 0.164. The van der Waals surface area contributed by atoms with Crippen LogP contribution >= 0.6 is 23.2 Å². The van der Waals surface area contributed by atoms with E-state index in [1.54, 1.807) is 84.9 Å². The van der Waals surface area contributed by atoms with Gasteiger partial charge in [-0.3, -0.25) is 9.59 Å². The van der Waals surface area contributed by atoms with Crippen molar-refractivity contribution in [1.29, 1.82) is 0 Å². The van der Waals surface area contributed by atoms with Crippen molar-refractivity contribution >= 4 is 52.1 Å². The van der Waals surface area contributed by atoms with Crippen molar-refractivity contribution in [2.24, 2.45) is 0 Å². The summed E-state index contributed by atoms with van der Waals surface area (Å²) < 4.78 is 11.7. The summed E-state index contributed by atoms with van der Waals surface area (Å²) in [6.07, 6.45) is 8.80. The zero-order valence-corrected chi connectivity index (χ0v) is 26.2. The summed E-state index contributed by atoms with van der Waals surface area (Å²) in [5.74, 6) is 0.814. The number of anilines is 2. The molecule has 6 aromatic rings. The van der Waals surface area contributed by atoms with E-state index in [2.05, 4.69) is 41.5 Å². The number of carbonyl (C=O) groups is 2. The molecule has 0 aliphatic rings. The fourth-order valence-electron chi connectivity index (χ4n) is 4.32. The second kappa shape index (κ2) is 14.8. The minimum absolute atomic E-state index is 0.352. The number of hydrogen-bond acceptors (Lipinski definition) is 8. The van der Waals surface area contributed by atoms with Crippen molar-refractivity contribution in [2.75, 3.05) is 10.6 Å². The smallest absolute Gasteiger partial charge is 0.346 e. The van der Waals surface area contributed by atoms with E-state index in [-0.39, 0.29) is 11.8 Å². The molecule has 2 amide bonds. The van der Waals surface area contributed by atoms with Gasteiger partial charge in [-0.2, -0.15) is 0 Å². The molecule has 0 spiro atoms. The van der Waals surface area contributed by atoms with Crippen molar-refractivity contribution < 1.29 is 19.1 Å². The largest absolute Gasteiger partial charge is 0.454 e. The van der Waals surface area contributed by atoms with E-state index in [1.807, 2.05) is 0 Å². The summed E-state index contributed by atoms with van der Waals surface area (Å²) in [6.45, 7) is 0. The maximum absolute atomic E-state index is 13.2. The Morgan fingerprint density at radius 1 is 0.604 bits per heavy atom. The van der Waals surface area contributed by atoms with Crippen LogP contribution in [-0.2, 0) is 0 Å². The second-order valence-electron chi connectivity index (χ2n) is 9.97. The maximum atomic E-state index is 13.2. The first-order chi connectivity index (χ1) is 23.4. The first kappa shape index (κ1) is 31.6. The van der Waals surface area contributed by atoms with Gasteiger partial charge in [0, 0.05) is 39.0 Å². The maximum Gasteiger partial charge on any atom is 0.346 e. The van der Waals surface area contributed by atoms with Crippen LogP contribution in [0.5, 0.6) is 23.0 Å². The summed E-state index contributed by atoms with van der Waals surface area (Å²) in [5.41, 5.74) is 2.50. The molecule has 11 nitrogen and oxygen atoms in total. The molecule has 48 heavy (non-hydrogen) atoms. The summed E-state index contributed by atoms with van der Waals surface area (Å²) in [6, 6.07) is 26.1. The fraction of sp³-hybridized carbons (Fsp3) is 0. The van der Waals surface area contributed by atoms with Crippen molar-refractivity contribution in [3.8, 4) is 29.1 Å². The van der Waals surface area contributed by atoms with Crippen LogP contribution < -0.4 is 20.1 Å². The minimum atomic E-state index is -0.388. The fourth-order valence-corrected chi connectivity index (χ4v) is 4.73. The van der Waals surface area contributed by atoms with E-state index in [4.69, 9.17) is 32.7 Å². The van der Waals surface area contributed by atoms with Crippen molar-refractivity contribution in [3.05, 3.63) is 154 Å². The molecule has 0 radical (unpaired) electrons. The van der Waals surface area contributed by atoms with Crippen LogP contribution in [0.2, 0.25) is 10.0 Å². The second-order valence-corrected chi connectivity index (χ2v) is 10.8. The van der Waals surface area contributed by atoms with Crippen LogP contribution in [0.15, 0.2) is 122 Å². The number of benzene rings is 4. The molecule has 0 saturated carbocycles. The van der Waals surface area contributed by atoms with E-state index >= 15 is 0 Å². The van der Waals surface area contributed by atoms with Gasteiger partial charge in [0.15, 0.2) is 11.5 Å². The Morgan fingerprint density at radius 3 is 1.79 bits per heavy atom. The molecule has 2 heterocycles. The van der Waals surface area contributed by atoms with Crippen LogP contribution in [0.25, 0.3) is 4.85 Å². The molecule has 2 N–H and O–H groups in total. The van der Waals surface area contributed by atoms with Crippen LogP contribution in [0.4, 0.5) is 17.1 Å². The number of nitrogens with one attached hydrogen (secondary N) is 2. The Labute approximate surface area is 284 Å². The minimum Gasteiger partial charge on any atom is -0.454 e. The molecule has 2 aromatic heterocycles. The zero-order valence-electron chi connectivity index (χ0n) is 24.7. The van der Waals surface area contributed by atoms with E-state index in [0.717, 1.165) is 0 Å². The van der Waals surface area contributed by atoms with Gasteiger partial charge in [-0.25, -0.2) is 19.9 Å². The van der Waals surface area contributed by atoms with Crippen LogP contribution in [0, 0.1) is 6.07 Å². The van der Waals surface area contributed by atoms with E-state index in [9.17, 15) is 9.59 Å². The zero-order chi connectivity index (χ0) is 33.3. The SMILES string of the molecule is O=C(Nc1cc([N+]#Cc2cccc(C(=O)Nc3cc(Cl)cc(Oc4cncnc4)c3)c2)cc(Oc2cncnc2)c1)c1cccc(Cl)c1. The number of rotatable bonds is 8. The molecule has 0 bridgehead atoms. The van der Waals surface area contributed by atoms with Gasteiger partial charge in [-0.1, -0.05) is 35.3 Å². The number of carbonyl (C=O) groups excluding carboxylic acids is 2. The molecule has 0 unspecified atom stereocenters. The van der Waals surface area contributed by atoms with Gasteiger partial charge in [0.05, 0.1) is 42.6 Å². The van der Waals surface area contributed by atoms with Gasteiger partial charge in [0.1, 0.15) is 29.7 Å². The molecular weight excluding hydrogens is 653 g/mol. The monoisotopic (exact) mass is 674 g/mol. The van der Waals surface area contributed by atoms with Gasteiger partial charge >= 0.3 is 11.8 Å². The number of nitrogens with zero attached hydrogens (tertiary/aromatic N) is 5. The molecule has 0 saturated heterocycles. The Kier molecular flexibility index (Phi) is 9.77. The summed E-state index contributed by atoms with van der Waals surface area (Å²) in [7, 11) is 0. The lowest BCUT2D eigenvalue weighted by Gasteiger charge is -2.10. The lowest BCUT2D eigenvalue weighted by atomic mass is 10.1. The highest BCUT2D eigenvalue weighted by Gasteiger charge is 2.15. The van der Waals surface area contributed by atoms with Crippen molar-refractivity contribution in [1.82, 2.24) is 19.9 Å². The summed E-state index contributed by atoms with van der Waals surface area (Å²) in [5, 5.41) is 6.47. The Morgan fingerprint density at radius 2 is 1.17 bits per heavy atom. The van der Waals surface area contributed by atoms with E-state index in [1.165, 1.54) is 37.4 Å². The van der Waals surface area contributed by atoms with Gasteiger partial charge in [0.25, 0.3) is 11.8 Å². The molecule has 0 aliphatic heterocycles. The first-order valence-electron chi connectivity index (χ1n) is 14.1. The van der Waals surface area contributed by atoms with Gasteiger partial charge < -0.3 is 20.1 Å². The molecule has 0 atom stereocenters. The standard InChI is InChI=1S/C35H21Cl2N7O4/c36-25-6-2-5-24(8-25)35(46)44-29-11-27(12-31(14-29)48-33-18-40-21-41-19-33)42-15-22-3-1-4-23(7-22)34(45)43-28-9-26(37)10-30(13-28)47-32-16-38-20-39-17-32/h1-14,16-21H,(H-,43,44,45,46)/p+1. The van der Waals surface area contributed by atoms with E-state index in [0.29, 0.717) is 66.8 Å². The van der Waals surface area contributed by atoms with Crippen LogP contribution in [-0.4, -0.2) is 31.8 Å². The summed E-state index contributed by atoms with van der Waals surface area (Å²) in [4.78, 5) is 46.4. The molecule has 0 aliphatic carbocycles. The highest BCUT2D eigenvalue weighted by molar-refractivity contribution is 6.31. The number of halogens is 2. The molecule has 6 rings (SSSR count). The third-order valence-corrected chi connectivity index (χ3v) is 6.80. The average Bonchev–Trinajstić information content (AvgIpc) is 3.08. The molecule has 4 aromatic carbocycles. The third kappa shape index (κ3) is 8.67. The predicted octanol–water partition coefficient (Wildman–Crippen LogP) is 8.68. The van der Waals surface area contributed by atoms with E-state index < -0.39 is 0 Å². The predicted molar refractivity (Wildman–Crippen MR) is 182 cm³/mol.